The maximum Gasteiger partial charge on any atom is 0.255 e. The van der Waals surface area contributed by atoms with Crippen molar-refractivity contribution in [3.63, 3.8) is 0 Å². The van der Waals surface area contributed by atoms with Crippen molar-refractivity contribution in [1.29, 1.82) is 0 Å². The van der Waals surface area contributed by atoms with Gasteiger partial charge >= 0.3 is 0 Å². The maximum atomic E-state index is 12.5. The topological polar surface area (TPSA) is 91.6 Å². The number of hydrogen-bond donors (Lipinski definition) is 0. The number of anilines is 1. The van der Waals surface area contributed by atoms with E-state index in [1.165, 1.54) is 12.4 Å². The number of hydrogen-bond acceptors (Lipinski definition) is 8. The average Bonchev–Trinajstić information content (AvgIpc) is 3.24. The van der Waals surface area contributed by atoms with Crippen LogP contribution in [0.15, 0.2) is 47.7 Å². The van der Waals surface area contributed by atoms with Crippen LogP contribution in [0.25, 0.3) is 11.4 Å². The lowest BCUT2D eigenvalue weighted by atomic mass is 10.1. The van der Waals surface area contributed by atoms with Crippen molar-refractivity contribution in [3.05, 3.63) is 58.8 Å². The van der Waals surface area contributed by atoms with Gasteiger partial charge in [0.1, 0.15) is 12.4 Å². The van der Waals surface area contributed by atoms with E-state index in [9.17, 15) is 4.79 Å². The molecule has 4 heterocycles. The van der Waals surface area contributed by atoms with Crippen LogP contribution < -0.4 is 19.9 Å². The highest BCUT2D eigenvalue weighted by molar-refractivity contribution is 5.55. The lowest BCUT2D eigenvalue weighted by Crippen LogP contribution is -2.41. The van der Waals surface area contributed by atoms with E-state index in [2.05, 4.69) is 14.9 Å². The molecule has 2 aromatic heterocycles. The molecule has 1 atom stereocenters. The van der Waals surface area contributed by atoms with Crippen LogP contribution in [0.5, 0.6) is 11.5 Å². The molecule has 9 nitrogen and oxygen atoms in total. The monoisotopic (exact) mass is 393 g/mol. The van der Waals surface area contributed by atoms with Crippen molar-refractivity contribution < 1.29 is 14.2 Å². The molecular weight excluding hydrogens is 374 g/mol. The number of nitrogens with zero attached hydrogens (tertiary/aromatic N) is 5. The second-order valence-corrected chi connectivity index (χ2v) is 6.85. The molecule has 29 heavy (non-hydrogen) atoms. The Kier molecular flexibility index (Phi) is 4.36. The highest BCUT2D eigenvalue weighted by atomic mass is 16.7. The summed E-state index contributed by atoms with van der Waals surface area (Å²) in [4.78, 5) is 27.5. The summed E-state index contributed by atoms with van der Waals surface area (Å²) >= 11 is 0. The molecule has 1 aromatic carbocycles. The average molecular weight is 393 g/mol. The fraction of sp³-hybridized carbons (Fsp3) is 0.300. The van der Waals surface area contributed by atoms with Crippen molar-refractivity contribution in [2.75, 3.05) is 31.4 Å². The van der Waals surface area contributed by atoms with E-state index in [4.69, 9.17) is 19.2 Å². The summed E-state index contributed by atoms with van der Waals surface area (Å²) in [6.07, 6.45) is 2.90. The van der Waals surface area contributed by atoms with Crippen molar-refractivity contribution in [3.8, 4) is 22.9 Å². The zero-order chi connectivity index (χ0) is 19.8. The molecule has 0 N–H and O–H groups in total. The smallest absolute Gasteiger partial charge is 0.255 e. The van der Waals surface area contributed by atoms with Gasteiger partial charge in [-0.05, 0) is 23.8 Å². The Balaban J connectivity index is 1.46. The molecule has 2 aliphatic rings. The fourth-order valence-electron chi connectivity index (χ4n) is 3.53. The van der Waals surface area contributed by atoms with E-state index in [1.807, 2.05) is 18.2 Å². The Hall–Kier alpha value is -3.46. The lowest BCUT2D eigenvalue weighted by Gasteiger charge is -2.34. The van der Waals surface area contributed by atoms with Crippen LogP contribution in [0.4, 0.5) is 5.95 Å². The Bertz CT molecular complexity index is 1100. The van der Waals surface area contributed by atoms with E-state index in [0.29, 0.717) is 37.0 Å². The first-order valence-electron chi connectivity index (χ1n) is 9.29. The molecule has 3 aromatic rings. The van der Waals surface area contributed by atoms with Crippen LogP contribution in [0.3, 0.4) is 0 Å². The van der Waals surface area contributed by atoms with Crippen LogP contribution in [0, 0.1) is 0 Å². The number of ether oxygens (including phenoxy) is 3. The third-order valence-corrected chi connectivity index (χ3v) is 5.07. The highest BCUT2D eigenvalue weighted by Gasteiger charge is 2.27. The molecule has 0 saturated carbocycles. The number of rotatable bonds is 3. The standard InChI is InChI=1S/C20H19N5O4/c1-24-19(26)9-15(14-4-5-21-11-22-14)23-20(24)25-6-7-27-18(10-25)13-2-3-16-17(8-13)29-12-28-16/h2-5,8-9,11,18H,6-7,10,12H2,1H3. The van der Waals surface area contributed by atoms with Crippen LogP contribution in [-0.4, -0.2) is 46.0 Å². The van der Waals surface area contributed by atoms with Gasteiger partial charge in [-0.3, -0.25) is 9.36 Å². The summed E-state index contributed by atoms with van der Waals surface area (Å²) < 4.78 is 18.4. The third-order valence-electron chi connectivity index (χ3n) is 5.07. The first-order valence-corrected chi connectivity index (χ1v) is 9.29. The van der Waals surface area contributed by atoms with E-state index in [-0.39, 0.29) is 18.5 Å². The SMILES string of the molecule is Cn1c(N2CCOC(c3ccc4c(c3)OCO4)C2)nc(-c2ccncn2)cc1=O. The van der Waals surface area contributed by atoms with Gasteiger partial charge in [-0.1, -0.05) is 6.07 Å². The zero-order valence-electron chi connectivity index (χ0n) is 15.8. The summed E-state index contributed by atoms with van der Waals surface area (Å²) in [5.74, 6) is 2.04. The lowest BCUT2D eigenvalue weighted by molar-refractivity contribution is 0.0388. The minimum atomic E-state index is -0.169. The maximum absolute atomic E-state index is 12.5. The molecule has 148 valence electrons. The van der Waals surface area contributed by atoms with Crippen LogP contribution in [0.2, 0.25) is 0 Å². The molecule has 0 aliphatic carbocycles. The van der Waals surface area contributed by atoms with Gasteiger partial charge in [0.05, 0.1) is 24.5 Å². The molecule has 0 radical (unpaired) electrons. The van der Waals surface area contributed by atoms with Crippen molar-refractivity contribution in [1.82, 2.24) is 19.5 Å². The van der Waals surface area contributed by atoms with Gasteiger partial charge in [-0.25, -0.2) is 15.0 Å². The number of benzene rings is 1. The normalized spacial score (nSPS) is 18.1. The third kappa shape index (κ3) is 3.29. The molecule has 1 saturated heterocycles. The van der Waals surface area contributed by atoms with Gasteiger partial charge < -0.3 is 19.1 Å². The molecule has 0 bridgehead atoms. The minimum absolute atomic E-state index is 0.144. The van der Waals surface area contributed by atoms with Crippen LogP contribution in [0.1, 0.15) is 11.7 Å². The molecule has 0 amide bonds. The number of fused-ring (bicyclic) bond motifs is 1. The van der Waals surface area contributed by atoms with Gasteiger partial charge in [-0.2, -0.15) is 0 Å². The Morgan fingerprint density at radius 1 is 1.10 bits per heavy atom. The van der Waals surface area contributed by atoms with Gasteiger partial charge in [0.2, 0.25) is 12.7 Å². The zero-order valence-corrected chi connectivity index (χ0v) is 15.8. The van der Waals surface area contributed by atoms with Gasteiger partial charge in [0, 0.05) is 25.9 Å². The molecule has 2 aliphatic heterocycles. The van der Waals surface area contributed by atoms with Gasteiger partial charge in [0.15, 0.2) is 11.5 Å². The van der Waals surface area contributed by atoms with Gasteiger partial charge in [0.25, 0.3) is 5.56 Å². The molecule has 1 unspecified atom stereocenters. The molecule has 1 fully saturated rings. The van der Waals surface area contributed by atoms with Crippen molar-refractivity contribution in [2.45, 2.75) is 6.10 Å². The molecular formula is C20H19N5O4. The van der Waals surface area contributed by atoms with E-state index in [0.717, 1.165) is 17.1 Å². The first kappa shape index (κ1) is 17.6. The largest absolute Gasteiger partial charge is 0.454 e. The Morgan fingerprint density at radius 2 is 2.00 bits per heavy atom. The Labute approximate surface area is 166 Å². The van der Waals surface area contributed by atoms with E-state index in [1.54, 1.807) is 23.9 Å². The highest BCUT2D eigenvalue weighted by Crippen LogP contribution is 2.36. The summed E-state index contributed by atoms with van der Waals surface area (Å²) in [5, 5.41) is 0. The molecule has 9 heteroatoms. The summed E-state index contributed by atoms with van der Waals surface area (Å²) in [5.41, 5.74) is 1.99. The van der Waals surface area contributed by atoms with Gasteiger partial charge in [-0.15, -0.1) is 0 Å². The summed E-state index contributed by atoms with van der Waals surface area (Å²) in [6, 6.07) is 9.04. The Morgan fingerprint density at radius 3 is 2.86 bits per heavy atom. The van der Waals surface area contributed by atoms with Crippen LogP contribution >= 0.6 is 0 Å². The predicted molar refractivity (Wildman–Crippen MR) is 104 cm³/mol. The minimum Gasteiger partial charge on any atom is -0.454 e. The van der Waals surface area contributed by atoms with Crippen molar-refractivity contribution in [2.24, 2.45) is 7.05 Å². The number of morpholine rings is 1. The quantitative estimate of drug-likeness (QED) is 0.662. The molecule has 0 spiro atoms. The van der Waals surface area contributed by atoms with E-state index >= 15 is 0 Å². The van der Waals surface area contributed by atoms with E-state index < -0.39 is 0 Å². The molecule has 5 rings (SSSR count). The first-order chi connectivity index (χ1) is 14.2. The predicted octanol–water partition coefficient (Wildman–Crippen LogP) is 1.54. The van der Waals surface area contributed by atoms with Crippen molar-refractivity contribution >= 4 is 5.95 Å². The van der Waals surface area contributed by atoms with Crippen LogP contribution in [-0.2, 0) is 11.8 Å². The fourth-order valence-corrected chi connectivity index (χ4v) is 3.53. The summed E-state index contributed by atoms with van der Waals surface area (Å²) in [7, 11) is 1.72. The second-order valence-electron chi connectivity index (χ2n) is 6.85. The number of aromatic nitrogens is 4. The second kappa shape index (κ2) is 7.17. The summed E-state index contributed by atoms with van der Waals surface area (Å²) in [6.45, 7) is 1.95.